The van der Waals surface area contributed by atoms with Gasteiger partial charge in [0.05, 0.1) is 18.0 Å². The first-order valence-electron chi connectivity index (χ1n) is 12.2. The summed E-state index contributed by atoms with van der Waals surface area (Å²) in [6.07, 6.45) is 3.73. The molecule has 1 unspecified atom stereocenters. The van der Waals surface area contributed by atoms with E-state index in [0.29, 0.717) is 30.4 Å². The Morgan fingerprint density at radius 3 is 2.71 bits per heavy atom. The minimum absolute atomic E-state index is 0.0280. The molecule has 10 nitrogen and oxygen atoms in total. The molecule has 0 bridgehead atoms. The molecule has 2 fully saturated rings. The third-order valence-electron chi connectivity index (χ3n) is 7.46. The lowest BCUT2D eigenvalue weighted by molar-refractivity contribution is -0.750. The summed E-state index contributed by atoms with van der Waals surface area (Å²) in [6, 6.07) is 7.49. The molecule has 2 aromatic rings. The Bertz CT molecular complexity index is 1440. The highest BCUT2D eigenvalue weighted by Gasteiger charge is 2.48. The molecule has 0 spiro atoms. The summed E-state index contributed by atoms with van der Waals surface area (Å²) in [5.74, 6) is 6.72. The number of nitrogens with two attached hydrogens (primary N) is 1. The molecule has 13 heteroatoms. The average Bonchev–Trinajstić information content (AvgIpc) is 3.59. The maximum atomic E-state index is 12.8. The number of nitrogens with zero attached hydrogens (tertiary/aromatic N) is 5. The van der Waals surface area contributed by atoms with Crippen LogP contribution in [0.3, 0.4) is 0 Å². The molecule has 38 heavy (non-hydrogen) atoms. The minimum atomic E-state index is -4.59. The first-order chi connectivity index (χ1) is 18.1. The molecular formula is C25H24F3N8O2+. The summed E-state index contributed by atoms with van der Waals surface area (Å²) < 4.78 is 38.2. The van der Waals surface area contributed by atoms with E-state index >= 15 is 0 Å². The molecular weight excluding hydrogens is 501 g/mol. The number of halogens is 3. The molecule has 2 saturated heterocycles. The van der Waals surface area contributed by atoms with Crippen molar-refractivity contribution in [1.82, 2.24) is 15.1 Å². The van der Waals surface area contributed by atoms with E-state index < -0.39 is 17.8 Å². The maximum Gasteiger partial charge on any atom is 0.432 e. The number of anilines is 1. The van der Waals surface area contributed by atoms with Gasteiger partial charge in [0.15, 0.2) is 5.82 Å². The Morgan fingerprint density at radius 1 is 1.18 bits per heavy atom. The number of allylic oxidation sites excluding steroid dienone is 1. The van der Waals surface area contributed by atoms with Crippen LogP contribution < -0.4 is 11.2 Å². The zero-order valence-electron chi connectivity index (χ0n) is 20.1. The van der Waals surface area contributed by atoms with Crippen LogP contribution in [0.25, 0.3) is 0 Å². The van der Waals surface area contributed by atoms with Gasteiger partial charge in [0, 0.05) is 36.6 Å². The van der Waals surface area contributed by atoms with Crippen molar-refractivity contribution in [2.24, 2.45) is 21.7 Å². The summed E-state index contributed by atoms with van der Waals surface area (Å²) in [5, 5.41) is 7.71. The molecule has 2 amide bonds. The molecule has 1 aromatic carbocycles. The highest BCUT2D eigenvalue weighted by atomic mass is 19.4. The molecule has 5 heterocycles. The number of aliphatic imine (C=N–C) groups is 2. The number of hydrogen-bond acceptors (Lipinski definition) is 6. The standard InChI is InChI=1S/C25H23F3N8O2/c26-25(27,28)19-11-20(34-33-19)31-24(38)15-3-1-14(2-4-15)23-32-22(18-12-30-9-10-36(18,23)29)16-5-6-17-7-8-21(37)35(17)13-16/h1-4,9-12,16-17H,5-8,13,29H2,(H-,30,31,32,33,34,38)/p+1/t16-,17+,36?/m1/s1. The fourth-order valence-corrected chi connectivity index (χ4v) is 5.49. The van der Waals surface area contributed by atoms with Crippen molar-refractivity contribution in [3.05, 3.63) is 70.9 Å². The van der Waals surface area contributed by atoms with Gasteiger partial charge in [-0.25, -0.2) is 0 Å². The Kier molecular flexibility index (Phi) is 5.58. The summed E-state index contributed by atoms with van der Waals surface area (Å²) >= 11 is 0. The predicted molar refractivity (Wildman–Crippen MR) is 131 cm³/mol. The number of amides is 2. The van der Waals surface area contributed by atoms with Crippen molar-refractivity contribution in [3.8, 4) is 0 Å². The Hall–Kier alpha value is -4.10. The van der Waals surface area contributed by atoms with E-state index in [1.807, 2.05) is 10.00 Å². The molecule has 196 valence electrons. The second-order valence-electron chi connectivity index (χ2n) is 9.77. The van der Waals surface area contributed by atoms with Crippen LogP contribution in [0.2, 0.25) is 0 Å². The molecule has 4 N–H and O–H groups in total. The number of H-pyrrole nitrogens is 1. The van der Waals surface area contributed by atoms with Gasteiger partial charge in [-0.05, 0) is 43.5 Å². The highest BCUT2D eigenvalue weighted by Crippen LogP contribution is 2.40. The SMILES string of the molecule is N[N+]12C=CN=CC1=C([C@@H]1CC[C@H]3CCC(=O)N3C1)N=C2c1ccc(C(=O)Nc2cc(C(F)(F)F)[nH]n2)cc1. The third kappa shape index (κ3) is 4.03. The molecule has 6 rings (SSSR count). The first-order valence-corrected chi connectivity index (χ1v) is 12.2. The van der Waals surface area contributed by atoms with Crippen LogP contribution in [0.5, 0.6) is 0 Å². The van der Waals surface area contributed by atoms with Crippen molar-refractivity contribution >= 4 is 29.7 Å². The van der Waals surface area contributed by atoms with Gasteiger partial charge in [-0.1, -0.05) is 0 Å². The topological polar surface area (TPSA) is 129 Å². The number of nitrogens with one attached hydrogen (secondary N) is 2. The predicted octanol–water partition coefficient (Wildman–Crippen LogP) is 3.30. The zero-order valence-corrected chi connectivity index (χ0v) is 20.1. The molecule has 0 radical (unpaired) electrons. The average molecular weight is 526 g/mol. The van der Waals surface area contributed by atoms with Gasteiger partial charge >= 0.3 is 6.18 Å². The van der Waals surface area contributed by atoms with E-state index in [1.54, 1.807) is 42.9 Å². The second-order valence-corrected chi connectivity index (χ2v) is 9.77. The normalized spacial score (nSPS) is 26.5. The Balaban J connectivity index is 1.24. The van der Waals surface area contributed by atoms with Crippen molar-refractivity contribution in [2.75, 3.05) is 11.9 Å². The fraction of sp³-hybridized carbons (Fsp3) is 0.320. The van der Waals surface area contributed by atoms with Gasteiger partial charge < -0.3 is 10.2 Å². The molecule has 0 saturated carbocycles. The quantitative estimate of drug-likeness (QED) is 0.418. The van der Waals surface area contributed by atoms with Gasteiger partial charge in [0.25, 0.3) is 11.7 Å². The molecule has 1 aromatic heterocycles. The number of fused-ring (bicyclic) bond motifs is 2. The number of alkyl halides is 3. The van der Waals surface area contributed by atoms with E-state index in [2.05, 4.69) is 15.4 Å². The van der Waals surface area contributed by atoms with Crippen LogP contribution in [-0.2, 0) is 11.0 Å². The van der Waals surface area contributed by atoms with Gasteiger partial charge in [0.1, 0.15) is 17.6 Å². The van der Waals surface area contributed by atoms with Crippen LogP contribution in [0.1, 0.15) is 47.3 Å². The number of aromatic amines is 1. The van der Waals surface area contributed by atoms with Gasteiger partial charge in [-0.2, -0.15) is 29.1 Å². The minimum Gasteiger partial charge on any atom is -0.339 e. The summed E-state index contributed by atoms with van der Waals surface area (Å²) in [5.41, 5.74) is 1.37. The second kappa shape index (κ2) is 8.74. The number of hydrogen-bond donors (Lipinski definition) is 3. The molecule has 4 aliphatic heterocycles. The smallest absolute Gasteiger partial charge is 0.339 e. The van der Waals surface area contributed by atoms with Crippen LogP contribution in [0.4, 0.5) is 19.0 Å². The summed E-state index contributed by atoms with van der Waals surface area (Å²) in [4.78, 5) is 36.1. The maximum absolute atomic E-state index is 12.8. The molecule has 3 atom stereocenters. The number of piperidine rings is 1. The number of carbonyl (C=O) groups is 2. The van der Waals surface area contributed by atoms with Crippen LogP contribution >= 0.6 is 0 Å². The Labute approximate surface area is 215 Å². The van der Waals surface area contributed by atoms with Crippen molar-refractivity contribution < 1.29 is 27.4 Å². The van der Waals surface area contributed by atoms with Crippen molar-refractivity contribution in [2.45, 2.75) is 37.9 Å². The van der Waals surface area contributed by atoms with Gasteiger partial charge in [-0.3, -0.25) is 19.7 Å². The summed E-state index contributed by atoms with van der Waals surface area (Å²) in [7, 11) is 0. The number of quaternary nitrogens is 1. The largest absolute Gasteiger partial charge is 0.432 e. The lowest BCUT2D eigenvalue weighted by atomic mass is 9.90. The monoisotopic (exact) mass is 525 g/mol. The Morgan fingerprint density at radius 2 is 1.97 bits per heavy atom. The number of carbonyl (C=O) groups excluding carboxylic acids is 2. The van der Waals surface area contributed by atoms with E-state index in [1.165, 1.54) is 0 Å². The lowest BCUT2D eigenvalue weighted by Crippen LogP contribution is -2.53. The van der Waals surface area contributed by atoms with E-state index in [0.717, 1.165) is 36.7 Å². The van der Waals surface area contributed by atoms with E-state index in [9.17, 15) is 22.8 Å². The van der Waals surface area contributed by atoms with Gasteiger partial charge in [0.2, 0.25) is 11.6 Å². The van der Waals surface area contributed by atoms with E-state index in [-0.39, 0.29) is 27.8 Å². The van der Waals surface area contributed by atoms with Crippen molar-refractivity contribution in [3.63, 3.8) is 0 Å². The lowest BCUT2D eigenvalue weighted by Gasteiger charge is -2.35. The molecule has 0 aliphatic carbocycles. The highest BCUT2D eigenvalue weighted by molar-refractivity contribution is 6.05. The van der Waals surface area contributed by atoms with Crippen molar-refractivity contribution in [1.29, 1.82) is 0 Å². The number of rotatable bonds is 4. The molecule has 4 aliphatic rings. The van der Waals surface area contributed by atoms with Gasteiger partial charge in [-0.15, -0.1) is 4.59 Å². The van der Waals surface area contributed by atoms with E-state index in [4.69, 9.17) is 10.8 Å². The number of aromatic nitrogens is 2. The fourth-order valence-electron chi connectivity index (χ4n) is 5.49. The number of amidine groups is 1. The summed E-state index contributed by atoms with van der Waals surface area (Å²) in [6.45, 7) is 0.596. The number of benzene rings is 1. The van der Waals surface area contributed by atoms with Crippen LogP contribution in [-0.4, -0.2) is 56.1 Å². The van der Waals surface area contributed by atoms with Crippen LogP contribution in [0.15, 0.2) is 64.1 Å². The van der Waals surface area contributed by atoms with Crippen LogP contribution in [0, 0.1) is 5.92 Å². The first kappa shape index (κ1) is 24.2. The zero-order chi connectivity index (χ0) is 26.7. The third-order valence-corrected chi connectivity index (χ3v) is 7.46.